The molecule has 7 heteroatoms. The molecule has 1 atom stereocenters. The number of halogens is 3. The molecule has 1 aliphatic rings. The number of hydrogen-bond acceptors (Lipinski definition) is 2. The van der Waals surface area contributed by atoms with Crippen LogP contribution < -0.4 is 4.31 Å². The average molecular weight is 315 g/mol. The Morgan fingerprint density at radius 1 is 1.14 bits per heavy atom. The number of hydrogen-bond donors (Lipinski definition) is 0. The summed E-state index contributed by atoms with van der Waals surface area (Å²) < 4.78 is 62.5. The second-order valence-corrected chi connectivity index (χ2v) is 6.93. The van der Waals surface area contributed by atoms with Crippen molar-refractivity contribution in [3.05, 3.63) is 42.0 Å². The first-order valence-corrected chi connectivity index (χ1v) is 7.78. The lowest BCUT2D eigenvalue weighted by atomic mass is 10.0. The summed E-state index contributed by atoms with van der Waals surface area (Å²) in [5, 5.41) is 1.60. The van der Waals surface area contributed by atoms with Crippen LogP contribution >= 0.6 is 0 Å². The van der Waals surface area contributed by atoms with Gasteiger partial charge in [-0.15, -0.1) is 0 Å². The van der Waals surface area contributed by atoms with Gasteiger partial charge in [0.25, 0.3) is 0 Å². The quantitative estimate of drug-likeness (QED) is 0.808. The van der Waals surface area contributed by atoms with Crippen molar-refractivity contribution in [1.82, 2.24) is 0 Å². The molecule has 0 saturated carbocycles. The fourth-order valence-electron chi connectivity index (χ4n) is 2.76. The van der Waals surface area contributed by atoms with Crippen LogP contribution in [0.25, 0.3) is 10.8 Å². The zero-order chi connectivity index (χ0) is 15.4. The minimum Gasteiger partial charge on any atom is -0.259 e. The number of fused-ring (bicyclic) bond motifs is 2. The summed E-state index contributed by atoms with van der Waals surface area (Å²) >= 11 is 0. The summed E-state index contributed by atoms with van der Waals surface area (Å²) in [7, 11) is -5.37. The van der Waals surface area contributed by atoms with E-state index in [1.165, 1.54) is 13.0 Å². The zero-order valence-electron chi connectivity index (χ0n) is 11.1. The van der Waals surface area contributed by atoms with E-state index in [0.717, 1.165) is 5.39 Å². The summed E-state index contributed by atoms with van der Waals surface area (Å²) in [5.41, 5.74) is -4.55. The predicted molar refractivity (Wildman–Crippen MR) is 74.6 cm³/mol. The second-order valence-electron chi connectivity index (χ2n) is 5.13. The van der Waals surface area contributed by atoms with Gasteiger partial charge in [0.15, 0.2) is 0 Å². The highest BCUT2D eigenvalue weighted by molar-refractivity contribution is 7.93. The lowest BCUT2D eigenvalue weighted by Gasteiger charge is -2.25. The molecule has 2 aromatic rings. The van der Waals surface area contributed by atoms with E-state index >= 15 is 0 Å². The molecular weight excluding hydrogens is 303 g/mol. The van der Waals surface area contributed by atoms with Gasteiger partial charge in [0.2, 0.25) is 0 Å². The maximum absolute atomic E-state index is 12.8. The number of rotatable bonds is 1. The molecule has 3 nitrogen and oxygen atoms in total. The Hall–Kier alpha value is -1.76. The van der Waals surface area contributed by atoms with Gasteiger partial charge in [-0.05, 0) is 41.8 Å². The number of nitrogens with zero attached hydrogens (tertiary/aromatic N) is 1. The van der Waals surface area contributed by atoms with Crippen LogP contribution in [-0.2, 0) is 16.4 Å². The third-order valence-corrected chi connectivity index (χ3v) is 5.31. The largest absolute Gasteiger partial charge is 0.516 e. The highest BCUT2D eigenvalue weighted by Gasteiger charge is 2.53. The Labute approximate surface area is 120 Å². The fraction of sp³-hybridized carbons (Fsp3) is 0.286. The lowest BCUT2D eigenvalue weighted by molar-refractivity contribution is -0.0439. The van der Waals surface area contributed by atoms with Gasteiger partial charge < -0.3 is 0 Å². The zero-order valence-corrected chi connectivity index (χ0v) is 11.9. The standard InChI is InChI=1S/C14H12F3NO2S/c1-9-6-12-7-10-4-2-3-5-11(10)8-13(12)18(9)21(19,20)14(15,16)17/h2-5,7-9H,6H2,1H3/t9-/m1/s1. The Balaban J connectivity index is 2.22. The van der Waals surface area contributed by atoms with Crippen LogP contribution in [0.3, 0.4) is 0 Å². The molecule has 21 heavy (non-hydrogen) atoms. The first-order valence-electron chi connectivity index (χ1n) is 6.34. The van der Waals surface area contributed by atoms with E-state index in [1.54, 1.807) is 18.2 Å². The third kappa shape index (κ3) is 2.07. The van der Waals surface area contributed by atoms with Crippen molar-refractivity contribution in [2.45, 2.75) is 24.9 Å². The molecule has 0 aliphatic carbocycles. The number of alkyl halides is 3. The van der Waals surface area contributed by atoms with E-state index in [2.05, 4.69) is 0 Å². The molecule has 0 bridgehead atoms. The summed E-state index contributed by atoms with van der Waals surface area (Å²) in [6, 6.07) is 9.71. The average Bonchev–Trinajstić information content (AvgIpc) is 2.69. The van der Waals surface area contributed by atoms with Crippen LogP contribution in [0.1, 0.15) is 12.5 Å². The molecule has 0 N–H and O–H groups in total. The molecule has 112 valence electrons. The summed E-state index contributed by atoms with van der Waals surface area (Å²) in [6.07, 6.45) is 0.273. The Morgan fingerprint density at radius 2 is 1.71 bits per heavy atom. The van der Waals surface area contributed by atoms with Crippen LogP contribution in [0.4, 0.5) is 18.9 Å². The maximum atomic E-state index is 12.8. The molecule has 0 unspecified atom stereocenters. The molecule has 0 radical (unpaired) electrons. The fourth-order valence-corrected chi connectivity index (χ4v) is 3.96. The molecule has 0 fully saturated rings. The lowest BCUT2D eigenvalue weighted by Crippen LogP contribution is -2.43. The van der Waals surface area contributed by atoms with E-state index in [0.29, 0.717) is 15.3 Å². The summed E-state index contributed by atoms with van der Waals surface area (Å²) in [4.78, 5) is 0. The van der Waals surface area contributed by atoms with Gasteiger partial charge in [0.05, 0.1) is 5.69 Å². The van der Waals surface area contributed by atoms with Crippen molar-refractivity contribution in [2.75, 3.05) is 4.31 Å². The molecule has 1 heterocycles. The van der Waals surface area contributed by atoms with Gasteiger partial charge in [0.1, 0.15) is 0 Å². The van der Waals surface area contributed by atoms with E-state index in [-0.39, 0.29) is 12.1 Å². The molecule has 0 spiro atoms. The number of anilines is 1. The topological polar surface area (TPSA) is 37.4 Å². The molecule has 0 saturated heterocycles. The normalized spacial score (nSPS) is 19.0. The van der Waals surface area contributed by atoms with Crippen LogP contribution in [0.2, 0.25) is 0 Å². The van der Waals surface area contributed by atoms with E-state index in [1.807, 2.05) is 12.1 Å². The van der Waals surface area contributed by atoms with Crippen molar-refractivity contribution in [3.8, 4) is 0 Å². The SMILES string of the molecule is C[C@@H]1Cc2cc3ccccc3cc2N1S(=O)(=O)C(F)(F)F. The first-order chi connectivity index (χ1) is 9.72. The van der Waals surface area contributed by atoms with E-state index in [9.17, 15) is 21.6 Å². The van der Waals surface area contributed by atoms with Crippen molar-refractivity contribution in [1.29, 1.82) is 0 Å². The van der Waals surface area contributed by atoms with Crippen molar-refractivity contribution >= 4 is 26.5 Å². The summed E-state index contributed by atoms with van der Waals surface area (Å²) in [6.45, 7) is 1.48. The molecule has 2 aromatic carbocycles. The molecule has 1 aliphatic heterocycles. The highest BCUT2D eigenvalue weighted by atomic mass is 32.2. The van der Waals surface area contributed by atoms with Crippen LogP contribution in [0.5, 0.6) is 0 Å². The van der Waals surface area contributed by atoms with Gasteiger partial charge in [-0.1, -0.05) is 24.3 Å². The highest BCUT2D eigenvalue weighted by Crippen LogP contribution is 2.41. The number of sulfonamides is 1. The van der Waals surface area contributed by atoms with Crippen LogP contribution in [0, 0.1) is 0 Å². The van der Waals surface area contributed by atoms with Crippen molar-refractivity contribution in [2.24, 2.45) is 0 Å². The van der Waals surface area contributed by atoms with E-state index < -0.39 is 21.6 Å². The van der Waals surface area contributed by atoms with Gasteiger partial charge in [-0.25, -0.2) is 0 Å². The van der Waals surface area contributed by atoms with Crippen molar-refractivity contribution < 1.29 is 21.6 Å². The number of benzene rings is 2. The van der Waals surface area contributed by atoms with Gasteiger partial charge in [-0.2, -0.15) is 21.6 Å². The maximum Gasteiger partial charge on any atom is 0.516 e. The predicted octanol–water partition coefficient (Wildman–Crippen LogP) is 3.44. The Bertz CT molecular complexity index is 815. The van der Waals surface area contributed by atoms with Crippen LogP contribution in [0.15, 0.2) is 36.4 Å². The summed E-state index contributed by atoms with van der Waals surface area (Å²) in [5.74, 6) is 0. The molecule has 3 rings (SSSR count). The third-order valence-electron chi connectivity index (χ3n) is 3.65. The minimum absolute atomic E-state index is 0.124. The van der Waals surface area contributed by atoms with Gasteiger partial charge in [-0.3, -0.25) is 4.31 Å². The van der Waals surface area contributed by atoms with Crippen molar-refractivity contribution in [3.63, 3.8) is 0 Å². The second kappa shape index (κ2) is 4.37. The first kappa shape index (κ1) is 14.2. The minimum atomic E-state index is -5.37. The Kier molecular flexibility index (Phi) is 2.95. The molecular formula is C14H12F3NO2S. The Morgan fingerprint density at radius 3 is 2.29 bits per heavy atom. The van der Waals surface area contributed by atoms with Gasteiger partial charge >= 0.3 is 15.5 Å². The molecule has 0 amide bonds. The van der Waals surface area contributed by atoms with E-state index in [4.69, 9.17) is 0 Å². The monoisotopic (exact) mass is 315 g/mol. The smallest absolute Gasteiger partial charge is 0.259 e. The van der Waals surface area contributed by atoms with Crippen LogP contribution in [-0.4, -0.2) is 20.0 Å². The van der Waals surface area contributed by atoms with Gasteiger partial charge in [0, 0.05) is 6.04 Å². The molecule has 0 aromatic heterocycles.